The standard InChI is InChI=1S/C12H9N3O2S/c1-6-13-11-7(3-2-4-10(11)18-6)8-5-9(12(16)17)15-14-8/h2-5H,1H3,(H,14,15)(H,16,17). The van der Waals surface area contributed by atoms with E-state index in [-0.39, 0.29) is 5.69 Å². The number of nitrogens with one attached hydrogen (secondary N) is 1. The maximum absolute atomic E-state index is 10.8. The van der Waals surface area contributed by atoms with E-state index in [4.69, 9.17) is 5.11 Å². The van der Waals surface area contributed by atoms with Crippen molar-refractivity contribution in [2.45, 2.75) is 6.92 Å². The number of para-hydroxylation sites is 1. The number of aromatic carboxylic acids is 1. The highest BCUT2D eigenvalue weighted by Crippen LogP contribution is 2.30. The molecular weight excluding hydrogens is 250 g/mol. The molecule has 3 rings (SSSR count). The van der Waals surface area contributed by atoms with Crippen molar-refractivity contribution in [3.8, 4) is 11.3 Å². The van der Waals surface area contributed by atoms with E-state index < -0.39 is 5.97 Å². The molecular formula is C12H9N3O2S. The number of aromatic nitrogens is 3. The lowest BCUT2D eigenvalue weighted by Gasteiger charge is -1.96. The second-order valence-electron chi connectivity index (χ2n) is 3.86. The summed E-state index contributed by atoms with van der Waals surface area (Å²) in [5.74, 6) is -1.02. The smallest absolute Gasteiger partial charge is 0.353 e. The third-order valence-electron chi connectivity index (χ3n) is 2.61. The lowest BCUT2D eigenvalue weighted by molar-refractivity contribution is 0.0690. The SMILES string of the molecule is Cc1nc2c(-c3cc(C(=O)O)[nH]n3)cccc2s1. The molecule has 0 spiro atoms. The van der Waals surface area contributed by atoms with Crippen LogP contribution in [-0.2, 0) is 0 Å². The van der Waals surface area contributed by atoms with E-state index in [1.165, 1.54) is 6.07 Å². The molecule has 0 saturated carbocycles. The summed E-state index contributed by atoms with van der Waals surface area (Å²) in [4.78, 5) is 15.3. The van der Waals surface area contributed by atoms with Crippen molar-refractivity contribution >= 4 is 27.5 Å². The van der Waals surface area contributed by atoms with Gasteiger partial charge in [0.1, 0.15) is 5.69 Å². The van der Waals surface area contributed by atoms with Gasteiger partial charge in [0.2, 0.25) is 0 Å². The van der Waals surface area contributed by atoms with Crippen LogP contribution in [0.2, 0.25) is 0 Å². The molecule has 0 atom stereocenters. The minimum absolute atomic E-state index is 0.0777. The summed E-state index contributed by atoms with van der Waals surface area (Å²) in [6, 6.07) is 7.33. The number of aryl methyl sites for hydroxylation is 1. The Morgan fingerprint density at radius 2 is 2.28 bits per heavy atom. The first-order valence-electron chi connectivity index (χ1n) is 5.30. The molecule has 6 heteroatoms. The van der Waals surface area contributed by atoms with Gasteiger partial charge in [-0.1, -0.05) is 12.1 Å². The molecule has 5 nitrogen and oxygen atoms in total. The number of nitrogens with zero attached hydrogens (tertiary/aromatic N) is 2. The first-order valence-corrected chi connectivity index (χ1v) is 6.12. The summed E-state index contributed by atoms with van der Waals surface area (Å²) in [6.07, 6.45) is 0. The Hall–Kier alpha value is -2.21. The van der Waals surface area contributed by atoms with Gasteiger partial charge in [-0.2, -0.15) is 5.10 Å². The molecule has 0 fully saturated rings. The van der Waals surface area contributed by atoms with Crippen LogP contribution in [-0.4, -0.2) is 26.3 Å². The van der Waals surface area contributed by atoms with Gasteiger partial charge in [-0.05, 0) is 19.1 Å². The Morgan fingerprint density at radius 3 is 3.00 bits per heavy atom. The van der Waals surface area contributed by atoms with Crippen LogP contribution < -0.4 is 0 Å². The van der Waals surface area contributed by atoms with Gasteiger partial charge in [0.05, 0.1) is 20.9 Å². The number of H-pyrrole nitrogens is 1. The van der Waals surface area contributed by atoms with Crippen molar-refractivity contribution in [2.75, 3.05) is 0 Å². The van der Waals surface area contributed by atoms with E-state index in [0.717, 1.165) is 20.8 Å². The zero-order chi connectivity index (χ0) is 12.7. The van der Waals surface area contributed by atoms with E-state index in [1.807, 2.05) is 25.1 Å². The summed E-state index contributed by atoms with van der Waals surface area (Å²) in [6.45, 7) is 1.95. The van der Waals surface area contributed by atoms with Crippen LogP contribution in [0.3, 0.4) is 0 Å². The van der Waals surface area contributed by atoms with Crippen LogP contribution in [0, 0.1) is 6.92 Å². The van der Waals surface area contributed by atoms with Crippen molar-refractivity contribution in [3.05, 3.63) is 35.0 Å². The molecule has 3 aromatic rings. The first-order chi connectivity index (χ1) is 8.65. The quantitative estimate of drug-likeness (QED) is 0.741. The van der Waals surface area contributed by atoms with Crippen LogP contribution in [0.25, 0.3) is 21.5 Å². The summed E-state index contributed by atoms with van der Waals surface area (Å²) < 4.78 is 1.07. The number of hydrogen-bond donors (Lipinski definition) is 2. The van der Waals surface area contributed by atoms with Gasteiger partial charge in [0.15, 0.2) is 0 Å². The Balaban J connectivity index is 2.21. The van der Waals surface area contributed by atoms with Crippen molar-refractivity contribution in [1.29, 1.82) is 0 Å². The lowest BCUT2D eigenvalue weighted by Crippen LogP contribution is -1.95. The summed E-state index contributed by atoms with van der Waals surface area (Å²) in [5.41, 5.74) is 2.39. The number of thiazole rings is 1. The van der Waals surface area contributed by atoms with Gasteiger partial charge in [-0.15, -0.1) is 11.3 Å². The molecule has 2 heterocycles. The number of carboxylic acids is 1. The van der Waals surface area contributed by atoms with Crippen molar-refractivity contribution < 1.29 is 9.90 Å². The fraction of sp³-hybridized carbons (Fsp3) is 0.0833. The highest BCUT2D eigenvalue weighted by Gasteiger charge is 2.13. The molecule has 90 valence electrons. The largest absolute Gasteiger partial charge is 0.477 e. The average Bonchev–Trinajstić information content (AvgIpc) is 2.92. The fourth-order valence-corrected chi connectivity index (χ4v) is 2.69. The number of benzene rings is 1. The Kier molecular flexibility index (Phi) is 2.38. The van der Waals surface area contributed by atoms with Gasteiger partial charge >= 0.3 is 5.97 Å². The summed E-state index contributed by atoms with van der Waals surface area (Å²) >= 11 is 1.61. The zero-order valence-corrected chi connectivity index (χ0v) is 10.3. The third-order valence-corrected chi connectivity index (χ3v) is 3.55. The Labute approximate surface area is 106 Å². The second kappa shape index (κ2) is 3.92. The van der Waals surface area contributed by atoms with E-state index in [1.54, 1.807) is 11.3 Å². The lowest BCUT2D eigenvalue weighted by atomic mass is 10.1. The fourth-order valence-electron chi connectivity index (χ4n) is 1.84. The highest BCUT2D eigenvalue weighted by atomic mass is 32.1. The average molecular weight is 259 g/mol. The minimum atomic E-state index is -1.02. The predicted octanol–water partition coefficient (Wildman–Crippen LogP) is 2.69. The van der Waals surface area contributed by atoms with Gasteiger partial charge in [0.25, 0.3) is 0 Å². The molecule has 0 amide bonds. The molecule has 0 aliphatic rings. The molecule has 18 heavy (non-hydrogen) atoms. The van der Waals surface area contributed by atoms with Gasteiger partial charge in [0, 0.05) is 5.56 Å². The van der Waals surface area contributed by atoms with Crippen LogP contribution in [0.4, 0.5) is 0 Å². The maximum atomic E-state index is 10.8. The number of carbonyl (C=O) groups is 1. The molecule has 0 bridgehead atoms. The predicted molar refractivity (Wildman–Crippen MR) is 68.9 cm³/mol. The second-order valence-corrected chi connectivity index (χ2v) is 5.09. The monoisotopic (exact) mass is 259 g/mol. The molecule has 0 unspecified atom stereocenters. The van der Waals surface area contributed by atoms with E-state index >= 15 is 0 Å². The number of hydrogen-bond acceptors (Lipinski definition) is 4. The summed E-state index contributed by atoms with van der Waals surface area (Å²) in [7, 11) is 0. The molecule has 2 N–H and O–H groups in total. The topological polar surface area (TPSA) is 78.9 Å². The zero-order valence-electron chi connectivity index (χ0n) is 9.47. The minimum Gasteiger partial charge on any atom is -0.477 e. The van der Waals surface area contributed by atoms with Crippen LogP contribution in [0.1, 0.15) is 15.5 Å². The van der Waals surface area contributed by atoms with Crippen molar-refractivity contribution in [3.63, 3.8) is 0 Å². The molecule has 2 aromatic heterocycles. The van der Waals surface area contributed by atoms with Crippen LogP contribution in [0.5, 0.6) is 0 Å². The summed E-state index contributed by atoms with van der Waals surface area (Å²) in [5, 5.41) is 16.4. The number of aromatic amines is 1. The molecule has 0 aliphatic carbocycles. The number of carboxylic acid groups (broad SMARTS) is 1. The third kappa shape index (κ3) is 1.67. The Bertz CT molecular complexity index is 745. The van der Waals surface area contributed by atoms with E-state index in [2.05, 4.69) is 15.2 Å². The molecule has 0 saturated heterocycles. The highest BCUT2D eigenvalue weighted by molar-refractivity contribution is 7.18. The molecule has 0 radical (unpaired) electrons. The maximum Gasteiger partial charge on any atom is 0.353 e. The van der Waals surface area contributed by atoms with Crippen LogP contribution >= 0.6 is 11.3 Å². The Morgan fingerprint density at radius 1 is 1.44 bits per heavy atom. The molecule has 1 aromatic carbocycles. The number of fused-ring (bicyclic) bond motifs is 1. The van der Waals surface area contributed by atoms with Gasteiger partial charge in [-0.3, -0.25) is 5.10 Å². The number of rotatable bonds is 2. The molecule has 0 aliphatic heterocycles. The van der Waals surface area contributed by atoms with Gasteiger partial charge < -0.3 is 5.11 Å². The van der Waals surface area contributed by atoms with Gasteiger partial charge in [-0.25, -0.2) is 9.78 Å². The van der Waals surface area contributed by atoms with Crippen molar-refractivity contribution in [1.82, 2.24) is 15.2 Å². The van der Waals surface area contributed by atoms with E-state index in [9.17, 15) is 4.79 Å². The normalized spacial score (nSPS) is 10.9. The van der Waals surface area contributed by atoms with Crippen LogP contribution in [0.15, 0.2) is 24.3 Å². The van der Waals surface area contributed by atoms with E-state index in [0.29, 0.717) is 5.69 Å². The van der Waals surface area contributed by atoms with Crippen molar-refractivity contribution in [2.24, 2.45) is 0 Å². The first kappa shape index (κ1) is 10.9.